The molecule has 0 bridgehead atoms. The lowest BCUT2D eigenvalue weighted by atomic mass is 10.1. The normalized spacial score (nSPS) is 10.7. The van der Waals surface area contributed by atoms with Gasteiger partial charge in [-0.2, -0.15) is 0 Å². The van der Waals surface area contributed by atoms with Gasteiger partial charge in [0.1, 0.15) is 5.82 Å². The fourth-order valence-electron chi connectivity index (χ4n) is 1.19. The Kier molecular flexibility index (Phi) is 6.72. The monoisotopic (exact) mass is 282 g/mol. The number of alkyl halides is 2. The van der Waals surface area contributed by atoms with Crippen LogP contribution in [0.3, 0.4) is 0 Å². The number of halogens is 4. The van der Waals surface area contributed by atoms with E-state index in [1.165, 1.54) is 18.2 Å². The molecule has 7 heteroatoms. The van der Waals surface area contributed by atoms with Crippen LogP contribution >= 0.6 is 12.4 Å². The molecule has 102 valence electrons. The fourth-order valence-corrected chi connectivity index (χ4v) is 1.19. The number of benzene rings is 1. The maximum absolute atomic E-state index is 12.8. The Morgan fingerprint density at radius 2 is 2.06 bits per heavy atom. The smallest absolute Gasteiger partial charge is 0.277 e. The molecule has 1 aromatic carbocycles. The van der Waals surface area contributed by atoms with E-state index in [0.717, 1.165) is 0 Å². The second-order valence-electron chi connectivity index (χ2n) is 3.64. The molecule has 0 atom stereocenters. The van der Waals surface area contributed by atoms with Gasteiger partial charge in [-0.05, 0) is 17.7 Å². The van der Waals surface area contributed by atoms with Crippen molar-refractivity contribution in [3.05, 3.63) is 35.6 Å². The summed E-state index contributed by atoms with van der Waals surface area (Å²) in [5.74, 6) is -4.18. The standard InChI is InChI=1S/C11H13F3N2O.ClH/c12-9-3-1-2-8(4-9)5-10(17)16-7-11(13,14)6-15;/h1-4H,5-7,15H2,(H,16,17);1H. The molecule has 1 rings (SSSR count). The number of nitrogens with two attached hydrogens (primary N) is 1. The predicted molar refractivity (Wildman–Crippen MR) is 64.4 cm³/mol. The van der Waals surface area contributed by atoms with Crippen molar-refractivity contribution in [2.24, 2.45) is 5.73 Å². The molecule has 0 fully saturated rings. The minimum Gasteiger partial charge on any atom is -0.350 e. The van der Waals surface area contributed by atoms with Crippen LogP contribution in [-0.2, 0) is 11.2 Å². The van der Waals surface area contributed by atoms with E-state index in [9.17, 15) is 18.0 Å². The molecule has 0 saturated carbocycles. The molecule has 3 N–H and O–H groups in total. The first-order valence-electron chi connectivity index (χ1n) is 5.02. The zero-order valence-corrected chi connectivity index (χ0v) is 10.3. The van der Waals surface area contributed by atoms with Gasteiger partial charge >= 0.3 is 0 Å². The molecule has 0 saturated heterocycles. The van der Waals surface area contributed by atoms with Crippen LogP contribution in [0, 0.1) is 5.82 Å². The summed E-state index contributed by atoms with van der Waals surface area (Å²) in [6.45, 7) is -1.63. The SMILES string of the molecule is Cl.NCC(F)(F)CNC(=O)Cc1cccc(F)c1. The number of rotatable bonds is 5. The molecule has 0 aliphatic carbocycles. The summed E-state index contributed by atoms with van der Waals surface area (Å²) in [5.41, 5.74) is 5.24. The quantitative estimate of drug-likeness (QED) is 0.860. The van der Waals surface area contributed by atoms with Crippen molar-refractivity contribution in [3.63, 3.8) is 0 Å². The van der Waals surface area contributed by atoms with Gasteiger partial charge in [-0.3, -0.25) is 4.79 Å². The molecule has 0 spiro atoms. The molecule has 0 aromatic heterocycles. The van der Waals surface area contributed by atoms with Gasteiger partial charge in [-0.1, -0.05) is 12.1 Å². The topological polar surface area (TPSA) is 55.1 Å². The maximum atomic E-state index is 12.8. The van der Waals surface area contributed by atoms with Gasteiger partial charge in [0.25, 0.3) is 5.92 Å². The zero-order chi connectivity index (χ0) is 12.9. The summed E-state index contributed by atoms with van der Waals surface area (Å²) in [5, 5.41) is 2.05. The van der Waals surface area contributed by atoms with E-state index in [4.69, 9.17) is 5.73 Å². The van der Waals surface area contributed by atoms with Crippen LogP contribution in [0.5, 0.6) is 0 Å². The molecule has 0 radical (unpaired) electrons. The van der Waals surface area contributed by atoms with E-state index in [2.05, 4.69) is 5.32 Å². The van der Waals surface area contributed by atoms with E-state index in [-0.39, 0.29) is 18.8 Å². The van der Waals surface area contributed by atoms with Gasteiger partial charge in [0.15, 0.2) is 0 Å². The minimum absolute atomic E-state index is 0. The Balaban J connectivity index is 0.00000289. The molecule has 0 aliphatic rings. The molecular formula is C11H14ClF3N2O. The molecule has 3 nitrogen and oxygen atoms in total. The van der Waals surface area contributed by atoms with E-state index in [1.54, 1.807) is 6.07 Å². The summed E-state index contributed by atoms with van der Waals surface area (Å²) in [6, 6.07) is 5.42. The van der Waals surface area contributed by atoms with Crippen molar-refractivity contribution in [2.75, 3.05) is 13.1 Å². The third-order valence-corrected chi connectivity index (χ3v) is 2.10. The summed E-state index contributed by atoms with van der Waals surface area (Å²) < 4.78 is 38.2. The van der Waals surface area contributed by atoms with Crippen molar-refractivity contribution in [3.8, 4) is 0 Å². The first kappa shape index (κ1) is 16.7. The second kappa shape index (κ2) is 7.23. The van der Waals surface area contributed by atoms with Crippen LogP contribution in [0.1, 0.15) is 5.56 Å². The van der Waals surface area contributed by atoms with Crippen LogP contribution in [0.15, 0.2) is 24.3 Å². The van der Waals surface area contributed by atoms with E-state index < -0.39 is 30.7 Å². The van der Waals surface area contributed by atoms with E-state index >= 15 is 0 Å². The van der Waals surface area contributed by atoms with Gasteiger partial charge < -0.3 is 11.1 Å². The Bertz CT molecular complexity index is 402. The first-order valence-corrected chi connectivity index (χ1v) is 5.02. The van der Waals surface area contributed by atoms with Crippen molar-refractivity contribution in [1.82, 2.24) is 5.32 Å². The number of carbonyl (C=O) groups is 1. The molecule has 0 unspecified atom stereocenters. The van der Waals surface area contributed by atoms with Gasteiger partial charge in [0.05, 0.1) is 19.5 Å². The Morgan fingerprint density at radius 3 is 2.61 bits per heavy atom. The Morgan fingerprint density at radius 1 is 1.39 bits per heavy atom. The second-order valence-corrected chi connectivity index (χ2v) is 3.64. The molecule has 18 heavy (non-hydrogen) atoms. The number of hydrogen-bond donors (Lipinski definition) is 2. The number of amides is 1. The highest BCUT2D eigenvalue weighted by Gasteiger charge is 2.26. The summed E-state index contributed by atoms with van der Waals surface area (Å²) in [4.78, 5) is 11.3. The Hall–Kier alpha value is -1.27. The summed E-state index contributed by atoms with van der Waals surface area (Å²) in [7, 11) is 0. The summed E-state index contributed by atoms with van der Waals surface area (Å²) in [6.07, 6.45) is -0.140. The van der Waals surface area contributed by atoms with Crippen molar-refractivity contribution < 1.29 is 18.0 Å². The van der Waals surface area contributed by atoms with Gasteiger partial charge in [-0.25, -0.2) is 13.2 Å². The predicted octanol–water partition coefficient (Wildman–Crippen LogP) is 1.50. The third-order valence-electron chi connectivity index (χ3n) is 2.10. The van der Waals surface area contributed by atoms with E-state index in [1.807, 2.05) is 0 Å². The van der Waals surface area contributed by atoms with Crippen LogP contribution in [0.25, 0.3) is 0 Å². The van der Waals surface area contributed by atoms with Gasteiger partial charge in [-0.15, -0.1) is 12.4 Å². The van der Waals surface area contributed by atoms with Crippen LogP contribution in [0.4, 0.5) is 13.2 Å². The average molecular weight is 283 g/mol. The van der Waals surface area contributed by atoms with Crippen molar-refractivity contribution in [2.45, 2.75) is 12.3 Å². The molecule has 0 heterocycles. The molecule has 1 amide bonds. The highest BCUT2D eigenvalue weighted by atomic mass is 35.5. The first-order chi connectivity index (χ1) is 7.93. The highest BCUT2D eigenvalue weighted by Crippen LogP contribution is 2.09. The third kappa shape index (κ3) is 5.88. The zero-order valence-electron chi connectivity index (χ0n) is 9.46. The number of hydrogen-bond acceptors (Lipinski definition) is 2. The lowest BCUT2D eigenvalue weighted by Crippen LogP contribution is -2.42. The van der Waals surface area contributed by atoms with Crippen LogP contribution in [-0.4, -0.2) is 24.9 Å². The average Bonchev–Trinajstić information content (AvgIpc) is 2.27. The molecular weight excluding hydrogens is 269 g/mol. The highest BCUT2D eigenvalue weighted by molar-refractivity contribution is 5.85. The Labute approximate surface area is 109 Å². The van der Waals surface area contributed by atoms with Gasteiger partial charge in [0.2, 0.25) is 5.91 Å². The lowest BCUT2D eigenvalue weighted by molar-refractivity contribution is -0.122. The summed E-state index contributed by atoms with van der Waals surface area (Å²) >= 11 is 0. The van der Waals surface area contributed by atoms with Crippen LogP contribution < -0.4 is 11.1 Å². The van der Waals surface area contributed by atoms with Gasteiger partial charge in [0, 0.05) is 0 Å². The molecule has 1 aromatic rings. The maximum Gasteiger partial charge on any atom is 0.277 e. The van der Waals surface area contributed by atoms with Crippen LogP contribution in [0.2, 0.25) is 0 Å². The molecule has 0 aliphatic heterocycles. The fraction of sp³-hybridized carbons (Fsp3) is 0.364. The number of nitrogens with one attached hydrogen (secondary N) is 1. The largest absolute Gasteiger partial charge is 0.350 e. The van der Waals surface area contributed by atoms with Crippen molar-refractivity contribution >= 4 is 18.3 Å². The van der Waals surface area contributed by atoms with Crippen molar-refractivity contribution in [1.29, 1.82) is 0 Å². The minimum atomic E-state index is -3.11. The lowest BCUT2D eigenvalue weighted by Gasteiger charge is -2.14. The number of carbonyl (C=O) groups excluding carboxylic acids is 1. The van der Waals surface area contributed by atoms with E-state index in [0.29, 0.717) is 5.56 Å².